The molecule has 0 saturated carbocycles. The van der Waals surface area contributed by atoms with Gasteiger partial charge in [-0.25, -0.2) is 15.0 Å². The van der Waals surface area contributed by atoms with Crippen molar-refractivity contribution in [1.82, 2.24) is 19.9 Å². The number of para-hydroxylation sites is 1. The van der Waals surface area contributed by atoms with Crippen molar-refractivity contribution in [2.75, 3.05) is 0 Å². The predicted molar refractivity (Wildman–Crippen MR) is 217 cm³/mol. The zero-order valence-corrected chi connectivity index (χ0v) is 28.4. The van der Waals surface area contributed by atoms with Crippen LogP contribution < -0.4 is 0 Å². The Balaban J connectivity index is 1.21. The van der Waals surface area contributed by atoms with Crippen molar-refractivity contribution in [2.24, 2.45) is 0 Å². The Hall–Kier alpha value is -7.24. The molecule has 246 valence electrons. The van der Waals surface area contributed by atoms with Crippen LogP contribution in [0.25, 0.3) is 110 Å². The van der Waals surface area contributed by atoms with E-state index in [1.807, 2.05) is 54.7 Å². The maximum atomic E-state index is 6.32. The summed E-state index contributed by atoms with van der Waals surface area (Å²) in [6.07, 6.45) is 1.95. The third kappa shape index (κ3) is 4.71. The Labute approximate surface area is 303 Å². The Morgan fingerprint density at radius 1 is 0.358 bits per heavy atom. The molecule has 5 nitrogen and oxygen atoms in total. The number of nitrogens with zero attached hydrogens (tertiary/aromatic N) is 4. The highest BCUT2D eigenvalue weighted by Gasteiger charge is 2.20. The van der Waals surface area contributed by atoms with Gasteiger partial charge in [-0.1, -0.05) is 133 Å². The molecule has 0 unspecified atom stereocenters. The molecule has 5 heteroatoms. The number of rotatable bonds is 4. The van der Waals surface area contributed by atoms with Gasteiger partial charge in [-0.15, -0.1) is 0 Å². The standard InChI is InChI=1S/C48H28N4O/c1-2-13-29(14-3-1)46-50-47(52-48(51-46)40-26-31-16-5-8-19-35(31)44-36-20-9-6-17-32(36)28-49-45(40)44)33-25-30-15-4-7-18-34(30)39(27-33)37-22-12-24-42-43(37)38-21-10-11-23-41(38)53-42/h1-28H. The van der Waals surface area contributed by atoms with Crippen LogP contribution in [0.3, 0.4) is 0 Å². The minimum Gasteiger partial charge on any atom is -0.456 e. The van der Waals surface area contributed by atoms with Crippen molar-refractivity contribution in [1.29, 1.82) is 0 Å². The molecular weight excluding hydrogens is 649 g/mol. The minimum absolute atomic E-state index is 0.574. The molecule has 0 spiro atoms. The van der Waals surface area contributed by atoms with Gasteiger partial charge in [0.1, 0.15) is 11.2 Å². The highest BCUT2D eigenvalue weighted by molar-refractivity contribution is 6.22. The van der Waals surface area contributed by atoms with Crippen molar-refractivity contribution in [3.05, 3.63) is 170 Å². The lowest BCUT2D eigenvalue weighted by Crippen LogP contribution is -2.01. The molecule has 11 aromatic rings. The summed E-state index contributed by atoms with van der Waals surface area (Å²) in [6, 6.07) is 56.6. The Morgan fingerprint density at radius 2 is 0.962 bits per heavy atom. The molecule has 0 fully saturated rings. The molecular formula is C48H28N4O. The van der Waals surface area contributed by atoms with E-state index in [9.17, 15) is 0 Å². The Kier molecular flexibility index (Phi) is 6.48. The van der Waals surface area contributed by atoms with Crippen LogP contribution in [-0.2, 0) is 0 Å². The Bertz CT molecular complexity index is 3220. The molecule has 0 saturated heterocycles. The van der Waals surface area contributed by atoms with Crippen molar-refractivity contribution in [3.63, 3.8) is 0 Å². The third-order valence-corrected chi connectivity index (χ3v) is 10.3. The van der Waals surface area contributed by atoms with Crippen LogP contribution in [0.1, 0.15) is 0 Å². The van der Waals surface area contributed by atoms with Gasteiger partial charge < -0.3 is 4.42 Å². The van der Waals surface area contributed by atoms with E-state index < -0.39 is 0 Å². The van der Waals surface area contributed by atoms with Gasteiger partial charge in [0.15, 0.2) is 17.5 Å². The van der Waals surface area contributed by atoms with E-state index in [0.717, 1.165) is 93.0 Å². The van der Waals surface area contributed by atoms with Gasteiger partial charge >= 0.3 is 0 Å². The predicted octanol–water partition coefficient (Wildman–Crippen LogP) is 12.4. The normalized spacial score (nSPS) is 11.8. The topological polar surface area (TPSA) is 64.7 Å². The summed E-state index contributed by atoms with van der Waals surface area (Å²) in [5.74, 6) is 1.77. The van der Waals surface area contributed by atoms with E-state index in [0.29, 0.717) is 17.5 Å². The highest BCUT2D eigenvalue weighted by Crippen LogP contribution is 2.42. The van der Waals surface area contributed by atoms with E-state index in [1.54, 1.807) is 0 Å². The average Bonchev–Trinajstić information content (AvgIpc) is 3.62. The second-order valence-corrected chi connectivity index (χ2v) is 13.4. The lowest BCUT2D eigenvalue weighted by molar-refractivity contribution is 0.669. The van der Waals surface area contributed by atoms with Crippen LogP contribution in [0.5, 0.6) is 0 Å². The molecule has 0 aliphatic heterocycles. The SMILES string of the molecule is c1ccc(-c2nc(-c3cc(-c4cccc5oc6ccccc6c45)c4ccccc4c3)nc(-c3cc4ccccc4c4c3ncc3ccccc34)n2)cc1. The fraction of sp³-hybridized carbons (Fsp3) is 0. The fourth-order valence-corrected chi connectivity index (χ4v) is 7.89. The zero-order valence-electron chi connectivity index (χ0n) is 28.4. The average molecular weight is 677 g/mol. The van der Waals surface area contributed by atoms with Gasteiger partial charge in [-0.3, -0.25) is 4.98 Å². The summed E-state index contributed by atoms with van der Waals surface area (Å²) < 4.78 is 6.32. The summed E-state index contributed by atoms with van der Waals surface area (Å²) in [5, 5.41) is 9.99. The minimum atomic E-state index is 0.574. The lowest BCUT2D eigenvalue weighted by Gasteiger charge is -2.15. The molecule has 0 radical (unpaired) electrons. The second-order valence-electron chi connectivity index (χ2n) is 13.4. The quantitative estimate of drug-likeness (QED) is 0.174. The number of benzene rings is 8. The number of fused-ring (bicyclic) bond motifs is 9. The van der Waals surface area contributed by atoms with E-state index in [4.69, 9.17) is 24.4 Å². The number of aromatic nitrogens is 4. The fourth-order valence-electron chi connectivity index (χ4n) is 7.89. The molecule has 3 aromatic heterocycles. The number of pyridine rings is 1. The maximum Gasteiger partial charge on any atom is 0.166 e. The van der Waals surface area contributed by atoms with Gasteiger partial charge in [0.25, 0.3) is 0 Å². The van der Waals surface area contributed by atoms with Crippen LogP contribution in [-0.4, -0.2) is 19.9 Å². The first-order valence-electron chi connectivity index (χ1n) is 17.7. The van der Waals surface area contributed by atoms with Gasteiger partial charge in [0, 0.05) is 44.4 Å². The molecule has 11 rings (SSSR count). The summed E-state index contributed by atoms with van der Waals surface area (Å²) in [6.45, 7) is 0. The van der Waals surface area contributed by atoms with E-state index in [-0.39, 0.29) is 0 Å². The molecule has 3 heterocycles. The highest BCUT2D eigenvalue weighted by atomic mass is 16.3. The van der Waals surface area contributed by atoms with Gasteiger partial charge in [-0.2, -0.15) is 0 Å². The summed E-state index contributed by atoms with van der Waals surface area (Å²) in [7, 11) is 0. The summed E-state index contributed by atoms with van der Waals surface area (Å²) >= 11 is 0. The molecule has 0 aliphatic carbocycles. The van der Waals surface area contributed by atoms with E-state index in [2.05, 4.69) is 115 Å². The largest absolute Gasteiger partial charge is 0.456 e. The van der Waals surface area contributed by atoms with Crippen molar-refractivity contribution in [3.8, 4) is 45.3 Å². The van der Waals surface area contributed by atoms with Crippen molar-refractivity contribution < 1.29 is 4.42 Å². The third-order valence-electron chi connectivity index (χ3n) is 10.3. The molecule has 53 heavy (non-hydrogen) atoms. The van der Waals surface area contributed by atoms with Gasteiger partial charge in [0.05, 0.1) is 5.52 Å². The molecule has 0 atom stereocenters. The number of hydrogen-bond acceptors (Lipinski definition) is 5. The van der Waals surface area contributed by atoms with Crippen LogP contribution in [0.4, 0.5) is 0 Å². The first-order valence-corrected chi connectivity index (χ1v) is 17.7. The first kappa shape index (κ1) is 29.5. The molecule has 8 aromatic carbocycles. The van der Waals surface area contributed by atoms with E-state index in [1.165, 1.54) is 0 Å². The van der Waals surface area contributed by atoms with Crippen LogP contribution in [0.15, 0.2) is 174 Å². The van der Waals surface area contributed by atoms with Crippen LogP contribution in [0.2, 0.25) is 0 Å². The summed E-state index contributed by atoms with van der Waals surface area (Å²) in [4.78, 5) is 20.7. The Morgan fingerprint density at radius 3 is 1.77 bits per heavy atom. The molecule has 0 amide bonds. The van der Waals surface area contributed by atoms with Crippen molar-refractivity contribution >= 4 is 65.2 Å². The monoisotopic (exact) mass is 676 g/mol. The van der Waals surface area contributed by atoms with Crippen LogP contribution >= 0.6 is 0 Å². The molecule has 0 N–H and O–H groups in total. The van der Waals surface area contributed by atoms with E-state index >= 15 is 0 Å². The summed E-state index contributed by atoms with van der Waals surface area (Å²) in [5.41, 5.74) is 7.44. The van der Waals surface area contributed by atoms with Gasteiger partial charge in [-0.05, 0) is 68.4 Å². The second kappa shape index (κ2) is 11.7. The maximum absolute atomic E-state index is 6.32. The van der Waals surface area contributed by atoms with Gasteiger partial charge in [0.2, 0.25) is 0 Å². The molecule has 0 bridgehead atoms. The zero-order chi connectivity index (χ0) is 34.9. The van der Waals surface area contributed by atoms with Crippen molar-refractivity contribution in [2.45, 2.75) is 0 Å². The smallest absolute Gasteiger partial charge is 0.166 e. The lowest BCUT2D eigenvalue weighted by atomic mass is 9.92. The first-order chi connectivity index (χ1) is 26.3. The van der Waals surface area contributed by atoms with Crippen LogP contribution in [0, 0.1) is 0 Å². The molecule has 0 aliphatic rings. The number of furan rings is 1. The number of hydrogen-bond donors (Lipinski definition) is 0.